The van der Waals surface area contributed by atoms with Gasteiger partial charge in [-0.15, -0.1) is 0 Å². The summed E-state index contributed by atoms with van der Waals surface area (Å²) in [5, 5.41) is 0. The Balaban J connectivity index is 2.82. The van der Waals surface area contributed by atoms with Crippen LogP contribution in [0.2, 0.25) is 0 Å². The lowest BCUT2D eigenvalue weighted by molar-refractivity contribution is 0.480. The third-order valence-electron chi connectivity index (χ3n) is 2.10. The first kappa shape index (κ1) is 8.38. The molecule has 0 aromatic heterocycles. The molecule has 0 bridgehead atoms. The van der Waals surface area contributed by atoms with E-state index in [1.165, 1.54) is 12.0 Å². The number of rotatable bonds is 0. The van der Waals surface area contributed by atoms with Gasteiger partial charge in [-0.05, 0) is 24.3 Å². The molecule has 11 heavy (non-hydrogen) atoms. The van der Waals surface area contributed by atoms with Gasteiger partial charge >= 0.3 is 0 Å². The molecule has 0 fully saturated rings. The maximum Gasteiger partial charge on any atom is 0.0273 e. The molecule has 0 saturated heterocycles. The van der Waals surface area contributed by atoms with Crippen LogP contribution in [0.1, 0.15) is 33.6 Å². The van der Waals surface area contributed by atoms with E-state index in [4.69, 9.17) is 5.73 Å². The monoisotopic (exact) mass is 151 g/mol. The van der Waals surface area contributed by atoms with E-state index in [0.717, 1.165) is 12.1 Å². The smallest absolute Gasteiger partial charge is 0.0273 e. The molecule has 2 N–H and O–H groups in total. The molecule has 0 aromatic rings. The summed E-state index contributed by atoms with van der Waals surface area (Å²) < 4.78 is 0. The SMILES string of the molecule is CC(C)(C)C1=CC(N)=CCC1. The van der Waals surface area contributed by atoms with Crippen molar-refractivity contribution in [2.45, 2.75) is 33.6 Å². The minimum Gasteiger partial charge on any atom is -0.399 e. The van der Waals surface area contributed by atoms with Crippen molar-refractivity contribution in [3.05, 3.63) is 23.4 Å². The van der Waals surface area contributed by atoms with Gasteiger partial charge in [-0.1, -0.05) is 32.4 Å². The van der Waals surface area contributed by atoms with Crippen molar-refractivity contribution in [1.82, 2.24) is 0 Å². The zero-order valence-corrected chi connectivity index (χ0v) is 7.65. The molecule has 62 valence electrons. The molecule has 1 heteroatoms. The van der Waals surface area contributed by atoms with Gasteiger partial charge < -0.3 is 5.73 Å². The molecule has 0 spiro atoms. The third kappa shape index (κ3) is 2.11. The van der Waals surface area contributed by atoms with E-state index in [9.17, 15) is 0 Å². The van der Waals surface area contributed by atoms with Gasteiger partial charge in [0.25, 0.3) is 0 Å². The highest BCUT2D eigenvalue weighted by Gasteiger charge is 2.17. The normalized spacial score (nSPS) is 19.2. The van der Waals surface area contributed by atoms with Crippen molar-refractivity contribution < 1.29 is 0 Å². The molecule has 0 saturated carbocycles. The van der Waals surface area contributed by atoms with Crippen LogP contribution >= 0.6 is 0 Å². The standard InChI is InChI=1S/C10H17N/c1-10(2,3)8-5-4-6-9(11)7-8/h6-7H,4-5,11H2,1-3H3. The molecule has 0 radical (unpaired) electrons. The van der Waals surface area contributed by atoms with Crippen LogP contribution in [0.25, 0.3) is 0 Å². The van der Waals surface area contributed by atoms with Gasteiger partial charge in [-0.3, -0.25) is 0 Å². The fraction of sp³-hybridized carbons (Fsp3) is 0.600. The molecular weight excluding hydrogens is 134 g/mol. The van der Waals surface area contributed by atoms with Crippen LogP contribution in [0.15, 0.2) is 23.4 Å². The molecule has 1 aliphatic carbocycles. The van der Waals surface area contributed by atoms with Crippen LogP contribution in [-0.4, -0.2) is 0 Å². The molecule has 1 rings (SSSR count). The molecule has 0 unspecified atom stereocenters. The van der Waals surface area contributed by atoms with Gasteiger partial charge in [-0.25, -0.2) is 0 Å². The van der Waals surface area contributed by atoms with Crippen LogP contribution in [0.5, 0.6) is 0 Å². The summed E-state index contributed by atoms with van der Waals surface area (Å²) in [5.41, 5.74) is 8.40. The maximum absolute atomic E-state index is 5.71. The molecule has 1 aliphatic rings. The maximum atomic E-state index is 5.71. The van der Waals surface area contributed by atoms with E-state index in [0.29, 0.717) is 5.41 Å². The Morgan fingerprint density at radius 3 is 2.36 bits per heavy atom. The first-order chi connectivity index (χ1) is 5.00. The fourth-order valence-electron chi connectivity index (χ4n) is 1.32. The summed E-state index contributed by atoms with van der Waals surface area (Å²) in [5.74, 6) is 0. The van der Waals surface area contributed by atoms with Crippen molar-refractivity contribution in [2.75, 3.05) is 0 Å². The second-order valence-corrected chi connectivity index (χ2v) is 4.16. The van der Waals surface area contributed by atoms with Crippen LogP contribution in [0.3, 0.4) is 0 Å². The largest absolute Gasteiger partial charge is 0.399 e. The summed E-state index contributed by atoms with van der Waals surface area (Å²) >= 11 is 0. The zero-order valence-electron chi connectivity index (χ0n) is 7.65. The lowest BCUT2D eigenvalue weighted by Crippen LogP contribution is -2.13. The fourth-order valence-corrected chi connectivity index (χ4v) is 1.32. The Morgan fingerprint density at radius 1 is 1.36 bits per heavy atom. The Kier molecular flexibility index (Phi) is 2.08. The number of allylic oxidation sites excluding steroid dienone is 3. The summed E-state index contributed by atoms with van der Waals surface area (Å²) in [6.45, 7) is 6.70. The minimum atomic E-state index is 0.291. The zero-order chi connectivity index (χ0) is 8.48. The molecular formula is C10H17N. The summed E-state index contributed by atoms with van der Waals surface area (Å²) in [6, 6.07) is 0. The van der Waals surface area contributed by atoms with Gasteiger partial charge in [-0.2, -0.15) is 0 Å². The van der Waals surface area contributed by atoms with E-state index in [-0.39, 0.29) is 0 Å². The lowest BCUT2D eigenvalue weighted by Gasteiger charge is -2.25. The van der Waals surface area contributed by atoms with Crippen LogP contribution < -0.4 is 5.73 Å². The Morgan fingerprint density at radius 2 is 2.00 bits per heavy atom. The number of hydrogen-bond acceptors (Lipinski definition) is 1. The second-order valence-electron chi connectivity index (χ2n) is 4.16. The Hall–Kier alpha value is -0.720. The summed E-state index contributed by atoms with van der Waals surface area (Å²) in [7, 11) is 0. The van der Waals surface area contributed by atoms with Crippen molar-refractivity contribution in [2.24, 2.45) is 11.1 Å². The molecule has 1 nitrogen and oxygen atoms in total. The van der Waals surface area contributed by atoms with Crippen molar-refractivity contribution in [3.8, 4) is 0 Å². The predicted octanol–water partition coefficient (Wildman–Crippen LogP) is 2.60. The topological polar surface area (TPSA) is 26.0 Å². The average molecular weight is 151 g/mol. The summed E-state index contributed by atoms with van der Waals surface area (Å²) in [6.07, 6.45) is 6.48. The van der Waals surface area contributed by atoms with Gasteiger partial charge in [0, 0.05) is 5.70 Å². The van der Waals surface area contributed by atoms with E-state index in [2.05, 4.69) is 32.9 Å². The third-order valence-corrected chi connectivity index (χ3v) is 2.10. The lowest BCUT2D eigenvalue weighted by atomic mass is 9.81. The molecule has 0 amide bonds. The average Bonchev–Trinajstić information content (AvgIpc) is 1.86. The van der Waals surface area contributed by atoms with E-state index >= 15 is 0 Å². The number of hydrogen-bond donors (Lipinski definition) is 1. The van der Waals surface area contributed by atoms with E-state index < -0.39 is 0 Å². The molecule has 0 atom stereocenters. The van der Waals surface area contributed by atoms with Crippen molar-refractivity contribution in [1.29, 1.82) is 0 Å². The highest BCUT2D eigenvalue weighted by atomic mass is 14.6. The molecule has 0 aromatic carbocycles. The highest BCUT2D eigenvalue weighted by molar-refractivity contribution is 5.28. The van der Waals surface area contributed by atoms with E-state index in [1.54, 1.807) is 0 Å². The van der Waals surface area contributed by atoms with Crippen LogP contribution in [-0.2, 0) is 0 Å². The van der Waals surface area contributed by atoms with Crippen molar-refractivity contribution >= 4 is 0 Å². The Labute approximate surface area is 69.0 Å². The first-order valence-electron chi connectivity index (χ1n) is 4.17. The Bertz CT molecular complexity index is 203. The van der Waals surface area contributed by atoms with Crippen LogP contribution in [0.4, 0.5) is 0 Å². The first-order valence-corrected chi connectivity index (χ1v) is 4.17. The van der Waals surface area contributed by atoms with Gasteiger partial charge in [0.05, 0.1) is 0 Å². The minimum absolute atomic E-state index is 0.291. The van der Waals surface area contributed by atoms with Gasteiger partial charge in [0.2, 0.25) is 0 Å². The van der Waals surface area contributed by atoms with Crippen molar-refractivity contribution in [3.63, 3.8) is 0 Å². The molecule has 0 aliphatic heterocycles. The quantitative estimate of drug-likeness (QED) is 0.566. The van der Waals surface area contributed by atoms with Gasteiger partial charge in [0.15, 0.2) is 0 Å². The predicted molar refractivity (Wildman–Crippen MR) is 49.0 cm³/mol. The second kappa shape index (κ2) is 2.72. The molecule has 0 heterocycles. The highest BCUT2D eigenvalue weighted by Crippen LogP contribution is 2.31. The van der Waals surface area contributed by atoms with Gasteiger partial charge in [0.1, 0.15) is 0 Å². The summed E-state index contributed by atoms with van der Waals surface area (Å²) in [4.78, 5) is 0. The van der Waals surface area contributed by atoms with Crippen LogP contribution in [0, 0.1) is 5.41 Å². The number of nitrogens with two attached hydrogens (primary N) is 1. The van der Waals surface area contributed by atoms with E-state index in [1.807, 2.05) is 0 Å².